The standard InChI is InChI=1S/C32H19NO/c34-19-29-23-10-4-1-7-20(23)13-16-26(29)30-27-17-14-21-8-2-5-11-24(21)31(27)33-32-25-12-6-3-9-22(25)15-18-28(30)32/h1-19H. The molecule has 2 heteroatoms. The Hall–Kier alpha value is -4.56. The average molecular weight is 434 g/mol. The summed E-state index contributed by atoms with van der Waals surface area (Å²) in [6.07, 6.45) is 0.998. The minimum atomic E-state index is 0.716. The maximum absolute atomic E-state index is 12.5. The normalized spacial score (nSPS) is 11.6. The van der Waals surface area contributed by atoms with E-state index >= 15 is 0 Å². The molecular weight excluding hydrogens is 414 g/mol. The molecule has 0 atom stereocenters. The molecule has 0 amide bonds. The van der Waals surface area contributed by atoms with E-state index in [4.69, 9.17) is 4.98 Å². The molecule has 0 fully saturated rings. The van der Waals surface area contributed by atoms with Crippen molar-refractivity contribution >= 4 is 60.4 Å². The third-order valence-electron chi connectivity index (χ3n) is 6.92. The Morgan fingerprint density at radius 3 is 1.50 bits per heavy atom. The van der Waals surface area contributed by atoms with Gasteiger partial charge in [-0.3, -0.25) is 4.79 Å². The molecule has 7 aromatic rings. The molecule has 1 aromatic heterocycles. The molecule has 2 nitrogen and oxygen atoms in total. The fraction of sp³-hybridized carbons (Fsp3) is 0. The molecular formula is C32H19NO. The van der Waals surface area contributed by atoms with Gasteiger partial charge in [0.05, 0.1) is 11.0 Å². The zero-order valence-corrected chi connectivity index (χ0v) is 18.3. The number of pyridine rings is 1. The first-order valence-corrected chi connectivity index (χ1v) is 11.4. The van der Waals surface area contributed by atoms with Crippen molar-refractivity contribution in [1.82, 2.24) is 4.98 Å². The van der Waals surface area contributed by atoms with Gasteiger partial charge in [-0.1, -0.05) is 109 Å². The van der Waals surface area contributed by atoms with Crippen LogP contribution in [0.15, 0.2) is 109 Å². The second-order valence-corrected chi connectivity index (χ2v) is 8.72. The number of rotatable bonds is 2. The van der Waals surface area contributed by atoms with Gasteiger partial charge in [0.1, 0.15) is 0 Å². The molecule has 0 saturated carbocycles. The van der Waals surface area contributed by atoms with E-state index in [0.29, 0.717) is 5.56 Å². The van der Waals surface area contributed by atoms with Gasteiger partial charge in [0, 0.05) is 32.7 Å². The van der Waals surface area contributed by atoms with Crippen molar-refractivity contribution in [3.63, 3.8) is 0 Å². The third kappa shape index (κ3) is 2.63. The lowest BCUT2D eigenvalue weighted by atomic mass is 9.88. The minimum absolute atomic E-state index is 0.716. The molecule has 0 aliphatic carbocycles. The van der Waals surface area contributed by atoms with Crippen molar-refractivity contribution in [2.24, 2.45) is 0 Å². The summed E-state index contributed by atoms with van der Waals surface area (Å²) < 4.78 is 0. The predicted octanol–water partition coefficient (Wildman–Crippen LogP) is 8.33. The van der Waals surface area contributed by atoms with Crippen molar-refractivity contribution in [3.05, 3.63) is 115 Å². The van der Waals surface area contributed by atoms with Gasteiger partial charge in [-0.25, -0.2) is 4.98 Å². The molecule has 0 N–H and O–H groups in total. The lowest BCUT2D eigenvalue weighted by molar-refractivity contribution is 0.112. The van der Waals surface area contributed by atoms with Crippen molar-refractivity contribution in [1.29, 1.82) is 0 Å². The van der Waals surface area contributed by atoms with Gasteiger partial charge in [-0.05, 0) is 27.1 Å². The fourth-order valence-corrected chi connectivity index (χ4v) is 5.34. The van der Waals surface area contributed by atoms with Crippen LogP contribution < -0.4 is 0 Å². The highest BCUT2D eigenvalue weighted by Gasteiger charge is 2.18. The lowest BCUT2D eigenvalue weighted by Gasteiger charge is -2.17. The number of aldehydes is 1. The van der Waals surface area contributed by atoms with E-state index in [1.165, 1.54) is 0 Å². The van der Waals surface area contributed by atoms with Gasteiger partial charge < -0.3 is 0 Å². The first-order chi connectivity index (χ1) is 16.8. The molecule has 0 aliphatic rings. The Labute approximate surface area is 196 Å². The topological polar surface area (TPSA) is 30.0 Å². The van der Waals surface area contributed by atoms with Crippen LogP contribution in [-0.4, -0.2) is 11.3 Å². The number of hydrogen-bond acceptors (Lipinski definition) is 2. The summed E-state index contributed by atoms with van der Waals surface area (Å²) in [6.45, 7) is 0. The number of carbonyl (C=O) groups excluding carboxylic acids is 1. The Bertz CT molecular complexity index is 1840. The first kappa shape index (κ1) is 19.0. The van der Waals surface area contributed by atoms with Crippen LogP contribution in [0, 0.1) is 0 Å². The number of benzene rings is 6. The number of aromatic nitrogens is 1. The molecule has 0 radical (unpaired) electrons. The maximum atomic E-state index is 12.5. The van der Waals surface area contributed by atoms with Gasteiger partial charge >= 0.3 is 0 Å². The van der Waals surface area contributed by atoms with Crippen molar-refractivity contribution in [2.45, 2.75) is 0 Å². The van der Waals surface area contributed by atoms with E-state index in [0.717, 1.165) is 71.5 Å². The van der Waals surface area contributed by atoms with Crippen LogP contribution in [0.4, 0.5) is 0 Å². The minimum Gasteiger partial charge on any atom is -0.298 e. The summed E-state index contributed by atoms with van der Waals surface area (Å²) in [6, 6.07) is 37.6. The van der Waals surface area contributed by atoms with Crippen LogP contribution in [-0.2, 0) is 0 Å². The van der Waals surface area contributed by atoms with Crippen LogP contribution in [0.25, 0.3) is 65.3 Å². The van der Waals surface area contributed by atoms with Gasteiger partial charge in [0.15, 0.2) is 6.29 Å². The Morgan fingerprint density at radius 1 is 0.471 bits per heavy atom. The molecule has 7 rings (SSSR count). The van der Waals surface area contributed by atoms with Crippen molar-refractivity contribution < 1.29 is 4.79 Å². The van der Waals surface area contributed by atoms with Gasteiger partial charge in [0.25, 0.3) is 0 Å². The molecule has 1 heterocycles. The van der Waals surface area contributed by atoms with E-state index in [-0.39, 0.29) is 0 Å². The van der Waals surface area contributed by atoms with Crippen LogP contribution in [0.1, 0.15) is 10.4 Å². The van der Waals surface area contributed by atoms with Gasteiger partial charge in [-0.2, -0.15) is 0 Å². The van der Waals surface area contributed by atoms with Crippen molar-refractivity contribution in [3.8, 4) is 11.1 Å². The average Bonchev–Trinajstić information content (AvgIpc) is 2.91. The van der Waals surface area contributed by atoms with Gasteiger partial charge in [-0.15, -0.1) is 0 Å². The molecule has 158 valence electrons. The molecule has 34 heavy (non-hydrogen) atoms. The van der Waals surface area contributed by atoms with E-state index in [9.17, 15) is 4.79 Å². The highest BCUT2D eigenvalue weighted by atomic mass is 16.1. The second-order valence-electron chi connectivity index (χ2n) is 8.72. The van der Waals surface area contributed by atoms with Crippen LogP contribution in [0.5, 0.6) is 0 Å². The van der Waals surface area contributed by atoms with Crippen LogP contribution in [0.3, 0.4) is 0 Å². The quantitative estimate of drug-likeness (QED) is 0.156. The first-order valence-electron chi connectivity index (χ1n) is 11.4. The highest BCUT2D eigenvalue weighted by Crippen LogP contribution is 2.41. The lowest BCUT2D eigenvalue weighted by Crippen LogP contribution is -1.95. The number of hydrogen-bond donors (Lipinski definition) is 0. The smallest absolute Gasteiger partial charge is 0.151 e. The molecule has 6 aromatic carbocycles. The summed E-state index contributed by atoms with van der Waals surface area (Å²) in [7, 11) is 0. The summed E-state index contributed by atoms with van der Waals surface area (Å²) in [5.41, 5.74) is 4.64. The zero-order chi connectivity index (χ0) is 22.6. The molecule has 0 saturated heterocycles. The third-order valence-corrected chi connectivity index (χ3v) is 6.92. The van der Waals surface area contributed by atoms with Crippen molar-refractivity contribution in [2.75, 3.05) is 0 Å². The number of nitrogens with zero attached hydrogens (tertiary/aromatic N) is 1. The molecule has 0 aliphatic heterocycles. The largest absolute Gasteiger partial charge is 0.298 e. The van der Waals surface area contributed by atoms with E-state index < -0.39 is 0 Å². The summed E-state index contributed by atoms with van der Waals surface area (Å²) in [5.74, 6) is 0. The zero-order valence-electron chi connectivity index (χ0n) is 18.3. The number of carbonyl (C=O) groups is 1. The molecule has 0 bridgehead atoms. The van der Waals surface area contributed by atoms with E-state index in [1.807, 2.05) is 18.2 Å². The molecule has 0 spiro atoms. The highest BCUT2D eigenvalue weighted by molar-refractivity contribution is 6.23. The Kier molecular flexibility index (Phi) is 4.03. The summed E-state index contributed by atoms with van der Waals surface area (Å²) in [4.78, 5) is 17.7. The fourth-order valence-electron chi connectivity index (χ4n) is 5.34. The summed E-state index contributed by atoms with van der Waals surface area (Å²) in [5, 5.41) is 8.68. The van der Waals surface area contributed by atoms with E-state index in [2.05, 4.69) is 91.0 Å². The SMILES string of the molecule is O=Cc1c(-c2c3ccc4ccccc4c3nc3c2ccc2ccccc23)ccc2ccccc12. The Morgan fingerprint density at radius 2 is 0.941 bits per heavy atom. The maximum Gasteiger partial charge on any atom is 0.151 e. The monoisotopic (exact) mass is 433 g/mol. The van der Waals surface area contributed by atoms with Crippen LogP contribution >= 0.6 is 0 Å². The van der Waals surface area contributed by atoms with Gasteiger partial charge in [0.2, 0.25) is 0 Å². The second kappa shape index (κ2) is 7.23. The Balaban J connectivity index is 1.76. The summed E-state index contributed by atoms with van der Waals surface area (Å²) >= 11 is 0. The van der Waals surface area contributed by atoms with Crippen LogP contribution in [0.2, 0.25) is 0 Å². The number of fused-ring (bicyclic) bond motifs is 7. The predicted molar refractivity (Wildman–Crippen MR) is 143 cm³/mol. The molecule has 0 unspecified atom stereocenters. The van der Waals surface area contributed by atoms with E-state index in [1.54, 1.807) is 0 Å².